The van der Waals surface area contributed by atoms with Gasteiger partial charge in [-0.1, -0.05) is 11.8 Å². The van der Waals surface area contributed by atoms with Crippen molar-refractivity contribution in [3.05, 3.63) is 29.3 Å². The number of aliphatic hydroxyl groups excluding tert-OH is 2. The van der Waals surface area contributed by atoms with Crippen molar-refractivity contribution in [1.82, 2.24) is 4.90 Å². The van der Waals surface area contributed by atoms with E-state index in [1.54, 1.807) is 7.11 Å². The molecule has 0 aliphatic carbocycles. The van der Waals surface area contributed by atoms with Crippen LogP contribution < -0.4 is 4.74 Å². The van der Waals surface area contributed by atoms with E-state index in [0.717, 1.165) is 36.4 Å². The van der Waals surface area contributed by atoms with Crippen LogP contribution in [-0.2, 0) is 6.54 Å². The number of ether oxygens (including phenoxy) is 1. The average molecular weight is 291 g/mol. The lowest BCUT2D eigenvalue weighted by atomic mass is 10.1. The predicted octanol–water partition coefficient (Wildman–Crippen LogP) is 1.63. The molecule has 0 amide bonds. The van der Waals surface area contributed by atoms with Gasteiger partial charge in [-0.2, -0.15) is 0 Å². The zero-order valence-corrected chi connectivity index (χ0v) is 13.1. The Morgan fingerprint density at radius 3 is 2.62 bits per heavy atom. The van der Waals surface area contributed by atoms with E-state index in [1.807, 2.05) is 18.2 Å². The summed E-state index contributed by atoms with van der Waals surface area (Å²) in [6.07, 6.45) is 0.750. The topological polar surface area (TPSA) is 52.9 Å². The van der Waals surface area contributed by atoms with E-state index < -0.39 is 0 Å². The van der Waals surface area contributed by atoms with Crippen LogP contribution in [0.2, 0.25) is 0 Å². The molecule has 0 spiro atoms. The van der Waals surface area contributed by atoms with Crippen LogP contribution in [0.15, 0.2) is 18.2 Å². The first-order valence-corrected chi connectivity index (χ1v) is 7.24. The maximum atomic E-state index is 9.02. The van der Waals surface area contributed by atoms with Crippen LogP contribution in [0.5, 0.6) is 5.75 Å². The van der Waals surface area contributed by atoms with Gasteiger partial charge in [-0.05, 0) is 44.0 Å². The van der Waals surface area contributed by atoms with Gasteiger partial charge < -0.3 is 14.9 Å². The molecule has 4 nitrogen and oxygen atoms in total. The number of hydrogen-bond donors (Lipinski definition) is 2. The van der Waals surface area contributed by atoms with Gasteiger partial charge in [0.1, 0.15) is 12.4 Å². The molecule has 0 aliphatic rings. The molecule has 1 aromatic carbocycles. The highest BCUT2D eigenvalue weighted by Crippen LogP contribution is 2.20. The number of nitrogens with zero attached hydrogens (tertiary/aromatic N) is 1. The maximum absolute atomic E-state index is 9.02. The third-order valence-electron chi connectivity index (χ3n) is 3.32. The molecule has 116 valence electrons. The monoisotopic (exact) mass is 291 g/mol. The summed E-state index contributed by atoms with van der Waals surface area (Å²) in [5.74, 6) is 6.47. The van der Waals surface area contributed by atoms with Gasteiger partial charge in [-0.25, -0.2) is 0 Å². The second-order valence-corrected chi connectivity index (χ2v) is 5.12. The van der Waals surface area contributed by atoms with Gasteiger partial charge in [0.15, 0.2) is 0 Å². The molecule has 0 saturated heterocycles. The third-order valence-corrected chi connectivity index (χ3v) is 3.32. The Hall–Kier alpha value is -1.54. The number of methoxy groups -OCH3 is 1. The van der Waals surface area contributed by atoms with E-state index in [-0.39, 0.29) is 13.2 Å². The second kappa shape index (κ2) is 9.41. The molecule has 1 aromatic rings. The Balaban J connectivity index is 3.00. The van der Waals surface area contributed by atoms with Crippen LogP contribution >= 0.6 is 0 Å². The summed E-state index contributed by atoms with van der Waals surface area (Å²) < 4.78 is 5.28. The van der Waals surface area contributed by atoms with E-state index in [0.29, 0.717) is 6.04 Å². The first kappa shape index (κ1) is 17.5. The number of benzene rings is 1. The van der Waals surface area contributed by atoms with Crippen molar-refractivity contribution in [3.63, 3.8) is 0 Å². The summed E-state index contributed by atoms with van der Waals surface area (Å²) in [5, 5.41) is 17.9. The van der Waals surface area contributed by atoms with Gasteiger partial charge in [-0.15, -0.1) is 0 Å². The van der Waals surface area contributed by atoms with Crippen LogP contribution in [0.3, 0.4) is 0 Å². The fraction of sp³-hybridized carbons (Fsp3) is 0.529. The molecule has 4 heteroatoms. The van der Waals surface area contributed by atoms with Gasteiger partial charge in [0.2, 0.25) is 0 Å². The lowest BCUT2D eigenvalue weighted by Crippen LogP contribution is -2.32. The van der Waals surface area contributed by atoms with E-state index >= 15 is 0 Å². The molecule has 0 unspecified atom stereocenters. The normalized spacial score (nSPS) is 10.6. The molecule has 0 atom stereocenters. The summed E-state index contributed by atoms with van der Waals surface area (Å²) in [6, 6.07) is 6.15. The van der Waals surface area contributed by atoms with Crippen molar-refractivity contribution in [2.45, 2.75) is 32.9 Å². The predicted molar refractivity (Wildman–Crippen MR) is 84.2 cm³/mol. The lowest BCUT2D eigenvalue weighted by Gasteiger charge is -2.27. The molecule has 0 aromatic heterocycles. The van der Waals surface area contributed by atoms with Crippen molar-refractivity contribution in [2.24, 2.45) is 0 Å². The quantitative estimate of drug-likeness (QED) is 0.750. The molecule has 0 saturated carbocycles. The molecule has 0 fully saturated rings. The van der Waals surface area contributed by atoms with Crippen LogP contribution in [0.25, 0.3) is 0 Å². The Bertz CT molecular complexity index is 489. The highest BCUT2D eigenvalue weighted by atomic mass is 16.5. The third kappa shape index (κ3) is 5.76. The molecular weight excluding hydrogens is 266 g/mol. The minimum Gasteiger partial charge on any atom is -0.497 e. The molecule has 0 bridgehead atoms. The van der Waals surface area contributed by atoms with E-state index in [9.17, 15) is 0 Å². The van der Waals surface area contributed by atoms with Crippen LogP contribution in [-0.4, -0.2) is 48.0 Å². The zero-order valence-electron chi connectivity index (χ0n) is 13.1. The van der Waals surface area contributed by atoms with Crippen molar-refractivity contribution >= 4 is 0 Å². The van der Waals surface area contributed by atoms with E-state index in [1.165, 1.54) is 0 Å². The molecule has 21 heavy (non-hydrogen) atoms. The molecule has 0 aliphatic heterocycles. The standard InChI is InChI=1S/C17H25NO3/c1-14(2)18(9-5-11-20)13-16-12-17(21-3)8-7-15(16)6-4-10-19/h7-8,12,14,19-20H,5,9-11,13H2,1-3H3. The van der Waals surface area contributed by atoms with Crippen LogP contribution in [0.1, 0.15) is 31.4 Å². The lowest BCUT2D eigenvalue weighted by molar-refractivity contribution is 0.184. The van der Waals surface area contributed by atoms with Gasteiger partial charge in [0, 0.05) is 31.3 Å². The highest BCUT2D eigenvalue weighted by Gasteiger charge is 2.12. The summed E-state index contributed by atoms with van der Waals surface area (Å²) in [5.41, 5.74) is 1.97. The van der Waals surface area contributed by atoms with Crippen molar-refractivity contribution in [1.29, 1.82) is 0 Å². The molecule has 2 N–H and O–H groups in total. The number of rotatable bonds is 7. The fourth-order valence-corrected chi connectivity index (χ4v) is 2.10. The van der Waals surface area contributed by atoms with Crippen molar-refractivity contribution in [3.8, 4) is 17.6 Å². The number of hydrogen-bond acceptors (Lipinski definition) is 4. The Morgan fingerprint density at radius 1 is 1.29 bits per heavy atom. The SMILES string of the molecule is COc1ccc(C#CCO)c(CN(CCCO)C(C)C)c1. The fourth-order valence-electron chi connectivity index (χ4n) is 2.10. The van der Waals surface area contributed by atoms with Crippen LogP contribution in [0, 0.1) is 11.8 Å². The van der Waals surface area contributed by atoms with Gasteiger partial charge in [0.25, 0.3) is 0 Å². The first-order chi connectivity index (χ1) is 10.1. The van der Waals surface area contributed by atoms with E-state index in [4.69, 9.17) is 14.9 Å². The second-order valence-electron chi connectivity index (χ2n) is 5.12. The first-order valence-electron chi connectivity index (χ1n) is 7.24. The minimum atomic E-state index is -0.149. The molecule has 0 heterocycles. The van der Waals surface area contributed by atoms with E-state index in [2.05, 4.69) is 30.6 Å². The summed E-state index contributed by atoms with van der Waals surface area (Å²) in [4.78, 5) is 2.29. The highest BCUT2D eigenvalue weighted by molar-refractivity contribution is 5.45. The van der Waals surface area contributed by atoms with Crippen LogP contribution in [0.4, 0.5) is 0 Å². The van der Waals surface area contributed by atoms with Crippen molar-refractivity contribution < 1.29 is 14.9 Å². The Kier molecular flexibility index (Phi) is 7.84. The smallest absolute Gasteiger partial charge is 0.119 e. The molecular formula is C17H25NO3. The van der Waals surface area contributed by atoms with Gasteiger partial charge in [0.05, 0.1) is 7.11 Å². The van der Waals surface area contributed by atoms with Gasteiger partial charge in [-0.3, -0.25) is 4.90 Å². The average Bonchev–Trinajstić information content (AvgIpc) is 2.49. The molecule has 0 radical (unpaired) electrons. The zero-order chi connectivity index (χ0) is 15.7. The molecule has 1 rings (SSSR count). The Labute approximate surface area is 127 Å². The number of aliphatic hydroxyl groups is 2. The summed E-state index contributed by atoms with van der Waals surface area (Å²) in [6.45, 7) is 5.89. The van der Waals surface area contributed by atoms with Crippen molar-refractivity contribution in [2.75, 3.05) is 26.9 Å². The van der Waals surface area contributed by atoms with Gasteiger partial charge >= 0.3 is 0 Å². The largest absolute Gasteiger partial charge is 0.497 e. The Morgan fingerprint density at radius 2 is 2.05 bits per heavy atom. The summed E-state index contributed by atoms with van der Waals surface area (Å²) >= 11 is 0. The summed E-state index contributed by atoms with van der Waals surface area (Å²) in [7, 11) is 1.64. The minimum absolute atomic E-state index is 0.149. The maximum Gasteiger partial charge on any atom is 0.119 e.